The molecule has 0 radical (unpaired) electrons. The Balaban J connectivity index is 1.13. The fourth-order valence-corrected chi connectivity index (χ4v) is 15.5. The van der Waals surface area contributed by atoms with E-state index in [-0.39, 0.29) is 33.0 Å². The standard InChI is InChI=1S/C46H88N4O6P2/c1-41(2)33-51-57(52-34-41)48(58-53-35-42(3,4)36-54-58)28-22-14-13-21-27-47(37-29-43(5,6)49(44(7,8)30-37)55-39-23-17-15-18-24-39)38-31-45(9,10)50(46(11,12)32-38)56-40-25-19-16-20-26-40/h37-40H,13-36H2,1-12H3. The van der Waals surface area contributed by atoms with Gasteiger partial charge in [0.15, 0.2) is 0 Å². The van der Waals surface area contributed by atoms with Crippen LogP contribution in [0.2, 0.25) is 0 Å². The molecule has 338 valence electrons. The van der Waals surface area contributed by atoms with Gasteiger partial charge in [0.1, 0.15) is 0 Å². The van der Waals surface area contributed by atoms with E-state index in [4.69, 9.17) is 27.8 Å². The van der Waals surface area contributed by atoms with Gasteiger partial charge >= 0.3 is 0 Å². The van der Waals surface area contributed by atoms with Crippen LogP contribution in [0.5, 0.6) is 0 Å². The van der Waals surface area contributed by atoms with Crippen LogP contribution >= 0.6 is 17.1 Å². The van der Waals surface area contributed by atoms with E-state index in [0.29, 0.717) is 50.7 Å². The second kappa shape index (κ2) is 19.7. The topological polar surface area (TPSA) is 68.3 Å². The Morgan fingerprint density at radius 3 is 1.14 bits per heavy atom. The molecule has 6 rings (SSSR count). The summed E-state index contributed by atoms with van der Waals surface area (Å²) in [5.74, 6) is 0. The predicted octanol–water partition coefficient (Wildman–Crippen LogP) is 12.3. The Bertz CT molecular complexity index is 1140. The van der Waals surface area contributed by atoms with Crippen LogP contribution in [0.3, 0.4) is 0 Å². The molecule has 0 bridgehead atoms. The molecule has 0 N–H and O–H groups in total. The van der Waals surface area contributed by atoms with E-state index in [1.165, 1.54) is 83.5 Å². The third kappa shape index (κ3) is 12.6. The summed E-state index contributed by atoms with van der Waals surface area (Å²) < 4.78 is 27.8. The zero-order valence-electron chi connectivity index (χ0n) is 39.4. The minimum atomic E-state index is -1.18. The summed E-state index contributed by atoms with van der Waals surface area (Å²) in [7, 11) is -2.36. The lowest BCUT2D eigenvalue weighted by Crippen LogP contribution is -2.68. The molecule has 4 heterocycles. The lowest BCUT2D eigenvalue weighted by molar-refractivity contribution is -0.323. The average molecular weight is 855 g/mol. The van der Waals surface area contributed by atoms with Gasteiger partial charge in [0.05, 0.1) is 38.6 Å². The first-order chi connectivity index (χ1) is 27.2. The Hall–Kier alpha value is 0.460. The van der Waals surface area contributed by atoms with Gasteiger partial charge < -0.3 is 18.1 Å². The summed E-state index contributed by atoms with van der Waals surface area (Å²) in [5.41, 5.74) is -0.145. The highest BCUT2D eigenvalue weighted by atomic mass is 31.2. The van der Waals surface area contributed by atoms with Crippen molar-refractivity contribution < 1.29 is 27.8 Å². The normalized spacial score (nSPS) is 29.7. The number of nitrogens with zero attached hydrogens (tertiary/aromatic N) is 4. The van der Waals surface area contributed by atoms with Crippen LogP contribution < -0.4 is 0 Å². The fourth-order valence-electron chi connectivity index (χ4n) is 11.2. The highest BCUT2D eigenvalue weighted by Gasteiger charge is 2.53. The Kier molecular flexibility index (Phi) is 16.3. The molecule has 0 amide bonds. The van der Waals surface area contributed by atoms with Gasteiger partial charge in [0, 0.05) is 51.6 Å². The summed E-state index contributed by atoms with van der Waals surface area (Å²) in [6.45, 7) is 33.3. The molecule has 2 aliphatic carbocycles. The van der Waals surface area contributed by atoms with Crippen molar-refractivity contribution in [3.05, 3.63) is 0 Å². The molecule has 0 aromatic heterocycles. The molecule has 0 unspecified atom stereocenters. The zero-order valence-corrected chi connectivity index (χ0v) is 41.2. The average Bonchev–Trinajstić information content (AvgIpc) is 3.13. The molecule has 12 heteroatoms. The molecule has 0 spiro atoms. The molecular weight excluding hydrogens is 766 g/mol. The Morgan fingerprint density at radius 2 is 0.793 bits per heavy atom. The molecule has 58 heavy (non-hydrogen) atoms. The predicted molar refractivity (Wildman–Crippen MR) is 239 cm³/mol. The Morgan fingerprint density at radius 1 is 0.466 bits per heavy atom. The molecule has 2 saturated carbocycles. The van der Waals surface area contributed by atoms with Crippen molar-refractivity contribution in [2.45, 2.75) is 245 Å². The number of rotatable bonds is 15. The quantitative estimate of drug-likeness (QED) is 0.117. The molecular formula is C46H88N4O6P2. The van der Waals surface area contributed by atoms with Gasteiger partial charge in [-0.2, -0.15) is 14.6 Å². The summed E-state index contributed by atoms with van der Waals surface area (Å²) >= 11 is 0. The third-order valence-corrected chi connectivity index (χ3v) is 17.3. The van der Waals surface area contributed by atoms with Gasteiger partial charge in [-0.1, -0.05) is 79.1 Å². The second-order valence-electron chi connectivity index (χ2n) is 23.3. The molecule has 6 aliphatic rings. The van der Waals surface area contributed by atoms with E-state index in [2.05, 4.69) is 103 Å². The number of hydrogen-bond acceptors (Lipinski definition) is 10. The van der Waals surface area contributed by atoms with Gasteiger partial charge in [0.2, 0.25) is 0 Å². The molecule has 6 fully saturated rings. The summed E-state index contributed by atoms with van der Waals surface area (Å²) in [5, 5.41) is 4.91. The SMILES string of the molecule is CC1(C)COP(N(CCCCCCN(C2CC(C)(C)N(OC3CCCCC3)C(C)(C)C2)C2CC(C)(C)N(OC3CCCCC3)C(C)(C)C2)P2OCC(C)(C)CO2)OC1. The highest BCUT2D eigenvalue weighted by Crippen LogP contribution is 2.63. The van der Waals surface area contributed by atoms with Crippen molar-refractivity contribution in [1.29, 1.82) is 0 Å². The smallest absolute Gasteiger partial charge is 0.266 e. The van der Waals surface area contributed by atoms with Crippen LogP contribution in [0.25, 0.3) is 0 Å². The third-order valence-electron chi connectivity index (χ3n) is 13.9. The van der Waals surface area contributed by atoms with Crippen LogP contribution in [0, 0.1) is 10.8 Å². The van der Waals surface area contributed by atoms with Crippen LogP contribution in [0.15, 0.2) is 0 Å². The number of hydroxylamine groups is 4. The zero-order chi connectivity index (χ0) is 42.0. The van der Waals surface area contributed by atoms with Gasteiger partial charge in [-0.05, 0) is 126 Å². The van der Waals surface area contributed by atoms with E-state index in [0.717, 1.165) is 45.2 Å². The number of piperidine rings is 2. The molecule has 0 atom stereocenters. The minimum absolute atomic E-state index is 0.0345. The van der Waals surface area contributed by atoms with Gasteiger partial charge in [-0.3, -0.25) is 14.6 Å². The van der Waals surface area contributed by atoms with Crippen molar-refractivity contribution in [2.75, 3.05) is 39.5 Å². The van der Waals surface area contributed by atoms with Crippen LogP contribution in [-0.2, 0) is 27.8 Å². The lowest BCUT2D eigenvalue weighted by atomic mass is 9.74. The van der Waals surface area contributed by atoms with E-state index in [1.807, 2.05) is 0 Å². The molecule has 0 aromatic carbocycles. The molecule has 4 saturated heterocycles. The number of hydrogen-bond donors (Lipinski definition) is 0. The summed E-state index contributed by atoms with van der Waals surface area (Å²) in [6, 6.07) is 0.990. The van der Waals surface area contributed by atoms with Crippen molar-refractivity contribution >= 4 is 17.1 Å². The summed E-state index contributed by atoms with van der Waals surface area (Å²) in [4.78, 5) is 17.0. The van der Waals surface area contributed by atoms with Crippen molar-refractivity contribution in [1.82, 2.24) is 19.5 Å². The first-order valence-electron chi connectivity index (χ1n) is 23.8. The van der Waals surface area contributed by atoms with E-state index >= 15 is 0 Å². The van der Waals surface area contributed by atoms with Gasteiger partial charge in [0.25, 0.3) is 17.1 Å². The Labute approximate surface area is 358 Å². The van der Waals surface area contributed by atoms with E-state index in [9.17, 15) is 0 Å². The summed E-state index contributed by atoms with van der Waals surface area (Å²) in [6.07, 6.45) is 22.5. The largest absolute Gasteiger partial charge is 0.321 e. The van der Waals surface area contributed by atoms with Crippen molar-refractivity contribution in [3.8, 4) is 0 Å². The maximum absolute atomic E-state index is 7.00. The van der Waals surface area contributed by atoms with Crippen LogP contribution in [0.1, 0.15) is 199 Å². The van der Waals surface area contributed by atoms with Crippen LogP contribution in [-0.4, -0.2) is 105 Å². The van der Waals surface area contributed by atoms with E-state index < -0.39 is 17.1 Å². The maximum atomic E-state index is 7.00. The van der Waals surface area contributed by atoms with E-state index in [1.54, 1.807) is 0 Å². The number of unbranched alkanes of at least 4 members (excludes halogenated alkanes) is 3. The lowest BCUT2D eigenvalue weighted by Gasteiger charge is -2.60. The van der Waals surface area contributed by atoms with Crippen molar-refractivity contribution in [2.24, 2.45) is 10.8 Å². The molecule has 4 aliphatic heterocycles. The maximum Gasteiger partial charge on any atom is 0.266 e. The molecule has 10 nitrogen and oxygen atoms in total. The van der Waals surface area contributed by atoms with Gasteiger partial charge in [-0.25, -0.2) is 0 Å². The molecule has 0 aromatic rings. The second-order valence-corrected chi connectivity index (χ2v) is 26.6. The fraction of sp³-hybridized carbons (Fsp3) is 1.00. The van der Waals surface area contributed by atoms with Crippen molar-refractivity contribution in [3.63, 3.8) is 0 Å². The first kappa shape index (κ1) is 47.9. The van der Waals surface area contributed by atoms with Crippen LogP contribution in [0.4, 0.5) is 0 Å². The highest BCUT2D eigenvalue weighted by molar-refractivity contribution is 7.60. The minimum Gasteiger partial charge on any atom is -0.321 e. The monoisotopic (exact) mass is 855 g/mol. The van der Waals surface area contributed by atoms with Gasteiger partial charge in [-0.15, -0.1) is 0 Å². The first-order valence-corrected chi connectivity index (χ1v) is 26.0.